The van der Waals surface area contributed by atoms with Crippen LogP contribution in [0.2, 0.25) is 0 Å². The summed E-state index contributed by atoms with van der Waals surface area (Å²) in [6.45, 7) is 16.7. The van der Waals surface area contributed by atoms with Gasteiger partial charge in [0.25, 0.3) is 0 Å². The van der Waals surface area contributed by atoms with E-state index in [9.17, 15) is 8.42 Å². The summed E-state index contributed by atoms with van der Waals surface area (Å²) in [6, 6.07) is 0. The molecule has 0 N–H and O–H groups in total. The minimum atomic E-state index is -3.13. The number of piperidine rings is 1. The lowest BCUT2D eigenvalue weighted by Crippen LogP contribution is -2.68. The summed E-state index contributed by atoms with van der Waals surface area (Å²) in [4.78, 5) is 5.17. The van der Waals surface area contributed by atoms with E-state index in [1.807, 2.05) is 0 Å². The molecule has 3 unspecified atom stereocenters. The molecule has 29 heavy (non-hydrogen) atoms. The van der Waals surface area contributed by atoms with E-state index in [0.717, 1.165) is 58.5 Å². The summed E-state index contributed by atoms with van der Waals surface area (Å²) >= 11 is 0. The first-order chi connectivity index (χ1) is 13.4. The van der Waals surface area contributed by atoms with Crippen molar-refractivity contribution in [2.75, 3.05) is 45.1 Å². The van der Waals surface area contributed by atoms with Crippen LogP contribution in [-0.2, 0) is 14.6 Å². The third-order valence-corrected chi connectivity index (χ3v) is 11.3. The van der Waals surface area contributed by atoms with Crippen LogP contribution in [0.15, 0.2) is 0 Å². The molecular weight excluding hydrogens is 384 g/mol. The fourth-order valence-corrected chi connectivity index (χ4v) is 9.89. The average molecular weight is 427 g/mol. The third-order valence-electron chi connectivity index (χ3n) is 9.11. The van der Waals surface area contributed by atoms with Crippen molar-refractivity contribution in [2.24, 2.45) is 10.8 Å². The Morgan fingerprint density at radius 2 is 1.62 bits per heavy atom. The zero-order valence-corrected chi connectivity index (χ0v) is 20.1. The van der Waals surface area contributed by atoms with Gasteiger partial charge in [-0.3, -0.25) is 9.80 Å². The van der Waals surface area contributed by atoms with Crippen LogP contribution in [0.3, 0.4) is 0 Å². The van der Waals surface area contributed by atoms with Crippen LogP contribution >= 0.6 is 0 Å². The zero-order chi connectivity index (χ0) is 21.1. The van der Waals surface area contributed by atoms with Crippen molar-refractivity contribution >= 4 is 9.84 Å². The molecule has 5 nitrogen and oxygen atoms in total. The van der Waals surface area contributed by atoms with Gasteiger partial charge in [-0.2, -0.15) is 0 Å². The molecule has 0 amide bonds. The minimum absolute atomic E-state index is 0.0113. The fourth-order valence-electron chi connectivity index (χ4n) is 7.15. The quantitative estimate of drug-likeness (QED) is 0.693. The Morgan fingerprint density at radius 1 is 0.931 bits per heavy atom. The second-order valence-electron chi connectivity index (χ2n) is 11.9. The first-order valence-electron chi connectivity index (χ1n) is 11.7. The summed E-state index contributed by atoms with van der Waals surface area (Å²) in [5.41, 5.74) is -0.307. The number of morpholine rings is 1. The largest absolute Gasteiger partial charge is 0.378 e. The average Bonchev–Trinajstić information content (AvgIpc) is 3.04. The van der Waals surface area contributed by atoms with Crippen molar-refractivity contribution in [3.8, 4) is 0 Å². The lowest BCUT2D eigenvalue weighted by atomic mass is 9.64. The SMILES string of the molecule is CC(C)(C)C12CCCN1CC(CC(C)(C)C13CCCCN1CCOC3)S(=O)(=O)C2. The maximum atomic E-state index is 13.6. The highest BCUT2D eigenvalue weighted by Crippen LogP contribution is 2.51. The Labute approximate surface area is 178 Å². The number of hydrogen-bond donors (Lipinski definition) is 0. The monoisotopic (exact) mass is 426 g/mol. The second-order valence-corrected chi connectivity index (χ2v) is 14.2. The molecule has 4 heterocycles. The van der Waals surface area contributed by atoms with Crippen LogP contribution in [0.1, 0.15) is 73.1 Å². The van der Waals surface area contributed by atoms with Gasteiger partial charge in [0.1, 0.15) is 0 Å². The molecule has 0 aromatic carbocycles. The van der Waals surface area contributed by atoms with Gasteiger partial charge in [0.15, 0.2) is 9.84 Å². The molecule has 4 saturated heterocycles. The van der Waals surface area contributed by atoms with Crippen molar-refractivity contribution in [1.82, 2.24) is 9.80 Å². The van der Waals surface area contributed by atoms with Crippen molar-refractivity contribution in [3.63, 3.8) is 0 Å². The molecule has 6 heteroatoms. The van der Waals surface area contributed by atoms with Gasteiger partial charge in [-0.25, -0.2) is 8.42 Å². The smallest absolute Gasteiger partial charge is 0.156 e. The van der Waals surface area contributed by atoms with Crippen LogP contribution in [0.5, 0.6) is 0 Å². The van der Waals surface area contributed by atoms with E-state index in [4.69, 9.17) is 4.74 Å². The molecule has 4 fully saturated rings. The first-order valence-corrected chi connectivity index (χ1v) is 13.4. The van der Waals surface area contributed by atoms with Gasteiger partial charge in [0.2, 0.25) is 0 Å². The molecule has 0 saturated carbocycles. The van der Waals surface area contributed by atoms with Gasteiger partial charge >= 0.3 is 0 Å². The van der Waals surface area contributed by atoms with E-state index in [1.165, 1.54) is 12.8 Å². The molecular formula is C23H42N2O3S. The normalized spacial score (nSPS) is 39.1. The number of ether oxygens (including phenoxy) is 1. The standard InChI is InChI=1S/C23H42N2O3S/c1-20(2,3)23-10-8-12-25(23)16-19(29(26,27)18-23)15-21(4,5)22-9-6-7-11-24(22)13-14-28-17-22/h19H,6-18H2,1-5H3. The van der Waals surface area contributed by atoms with Crippen molar-refractivity contribution in [2.45, 2.75) is 89.5 Å². The third kappa shape index (κ3) is 3.41. The summed E-state index contributed by atoms with van der Waals surface area (Å²) in [7, 11) is -3.13. The second kappa shape index (κ2) is 7.18. The van der Waals surface area contributed by atoms with Crippen molar-refractivity contribution in [3.05, 3.63) is 0 Å². The molecule has 0 aromatic rings. The fraction of sp³-hybridized carbons (Fsp3) is 1.00. The Morgan fingerprint density at radius 3 is 2.34 bits per heavy atom. The first kappa shape index (κ1) is 22.0. The predicted octanol–water partition coefficient (Wildman–Crippen LogP) is 3.34. The summed E-state index contributed by atoms with van der Waals surface area (Å²) in [5, 5.41) is -0.258. The van der Waals surface area contributed by atoms with Gasteiger partial charge < -0.3 is 4.74 Å². The van der Waals surface area contributed by atoms with Crippen LogP contribution in [0.4, 0.5) is 0 Å². The highest BCUT2D eigenvalue weighted by molar-refractivity contribution is 7.92. The minimum Gasteiger partial charge on any atom is -0.378 e. The lowest BCUT2D eigenvalue weighted by molar-refractivity contribution is -0.144. The van der Waals surface area contributed by atoms with Gasteiger partial charge in [-0.1, -0.05) is 41.0 Å². The molecule has 0 spiro atoms. The number of sulfone groups is 1. The number of rotatable bonds is 3. The van der Waals surface area contributed by atoms with E-state index in [-0.39, 0.29) is 27.2 Å². The number of fused-ring (bicyclic) bond motifs is 2. The molecule has 3 atom stereocenters. The molecule has 0 radical (unpaired) electrons. The van der Waals surface area contributed by atoms with Crippen LogP contribution < -0.4 is 0 Å². The van der Waals surface area contributed by atoms with Crippen LogP contribution in [0, 0.1) is 10.8 Å². The lowest BCUT2D eigenvalue weighted by Gasteiger charge is -2.59. The Hall–Kier alpha value is -0.170. The van der Waals surface area contributed by atoms with Gasteiger partial charge in [0, 0.05) is 24.2 Å². The number of hydrogen-bond acceptors (Lipinski definition) is 5. The molecule has 4 rings (SSSR count). The molecule has 168 valence electrons. The molecule has 4 aliphatic rings. The zero-order valence-electron chi connectivity index (χ0n) is 19.3. The highest BCUT2D eigenvalue weighted by Gasteiger charge is 2.59. The number of nitrogens with zero attached hydrogens (tertiary/aromatic N) is 2. The van der Waals surface area contributed by atoms with Gasteiger partial charge in [-0.05, 0) is 56.0 Å². The molecule has 4 aliphatic heterocycles. The van der Waals surface area contributed by atoms with Gasteiger partial charge in [-0.15, -0.1) is 0 Å². The molecule has 0 aliphatic carbocycles. The Kier molecular flexibility index (Phi) is 5.45. The van der Waals surface area contributed by atoms with Crippen molar-refractivity contribution in [1.29, 1.82) is 0 Å². The van der Waals surface area contributed by atoms with Gasteiger partial charge in [0.05, 0.1) is 24.2 Å². The van der Waals surface area contributed by atoms with E-state index >= 15 is 0 Å². The maximum Gasteiger partial charge on any atom is 0.156 e. The van der Waals surface area contributed by atoms with E-state index < -0.39 is 9.84 Å². The Balaban J connectivity index is 1.61. The Bertz CT molecular complexity index is 715. The summed E-state index contributed by atoms with van der Waals surface area (Å²) in [5.74, 6) is 0.331. The highest BCUT2D eigenvalue weighted by atomic mass is 32.2. The topological polar surface area (TPSA) is 49.9 Å². The summed E-state index contributed by atoms with van der Waals surface area (Å²) in [6.07, 6.45) is 6.47. The maximum absolute atomic E-state index is 13.6. The van der Waals surface area contributed by atoms with Crippen LogP contribution in [0.25, 0.3) is 0 Å². The van der Waals surface area contributed by atoms with Crippen LogP contribution in [-0.4, -0.2) is 79.7 Å². The summed E-state index contributed by atoms with van der Waals surface area (Å²) < 4.78 is 33.2. The molecule has 0 aromatic heterocycles. The van der Waals surface area contributed by atoms with E-state index in [2.05, 4.69) is 44.4 Å². The van der Waals surface area contributed by atoms with E-state index in [0.29, 0.717) is 12.3 Å². The molecule has 0 bridgehead atoms. The predicted molar refractivity (Wildman–Crippen MR) is 118 cm³/mol. The van der Waals surface area contributed by atoms with Crippen molar-refractivity contribution < 1.29 is 13.2 Å². The van der Waals surface area contributed by atoms with E-state index in [1.54, 1.807) is 0 Å².